The molecule has 0 saturated carbocycles. The van der Waals surface area contributed by atoms with Crippen LogP contribution in [-0.2, 0) is 16.1 Å². The summed E-state index contributed by atoms with van der Waals surface area (Å²) in [5.41, 5.74) is 3.49. The Labute approximate surface area is 95.5 Å². The van der Waals surface area contributed by atoms with Gasteiger partial charge in [0.2, 0.25) is 5.91 Å². The lowest BCUT2D eigenvalue weighted by atomic mass is 10.1. The molecule has 1 rings (SSSR count). The summed E-state index contributed by atoms with van der Waals surface area (Å²) in [5, 5.41) is 0. The number of ether oxygens (including phenoxy) is 1. The standard InChI is InChI=1S/C12H17NO3/c1-15-11-8-6-10(7-9-11)4-3-5-12(14)13-16-2/h6-9H,3-5H2,1-2H3,(H,13,14). The van der Waals surface area contributed by atoms with Gasteiger partial charge in [-0.3, -0.25) is 9.63 Å². The fourth-order valence-corrected chi connectivity index (χ4v) is 1.41. The average molecular weight is 223 g/mol. The lowest BCUT2D eigenvalue weighted by molar-refractivity contribution is -0.131. The number of hydroxylamine groups is 1. The van der Waals surface area contributed by atoms with Crippen molar-refractivity contribution in [3.05, 3.63) is 29.8 Å². The number of hydrogen-bond donors (Lipinski definition) is 1. The van der Waals surface area contributed by atoms with E-state index in [2.05, 4.69) is 10.3 Å². The Kier molecular flexibility index (Phi) is 5.36. The summed E-state index contributed by atoms with van der Waals surface area (Å²) in [6.45, 7) is 0. The minimum atomic E-state index is -0.0870. The highest BCUT2D eigenvalue weighted by atomic mass is 16.6. The first-order valence-electron chi connectivity index (χ1n) is 5.21. The largest absolute Gasteiger partial charge is 0.497 e. The predicted octanol–water partition coefficient (Wildman–Crippen LogP) is 1.70. The van der Waals surface area contributed by atoms with E-state index in [1.807, 2.05) is 24.3 Å². The topological polar surface area (TPSA) is 47.6 Å². The third-order valence-electron chi connectivity index (χ3n) is 2.24. The van der Waals surface area contributed by atoms with Crippen LogP contribution < -0.4 is 10.2 Å². The molecule has 1 N–H and O–H groups in total. The van der Waals surface area contributed by atoms with Gasteiger partial charge in [0.1, 0.15) is 5.75 Å². The maximum absolute atomic E-state index is 11.1. The van der Waals surface area contributed by atoms with E-state index in [1.165, 1.54) is 12.7 Å². The lowest BCUT2D eigenvalue weighted by Gasteiger charge is -2.04. The molecular weight excluding hydrogens is 206 g/mol. The molecule has 0 aliphatic carbocycles. The van der Waals surface area contributed by atoms with Gasteiger partial charge in [-0.2, -0.15) is 0 Å². The minimum absolute atomic E-state index is 0.0870. The smallest absolute Gasteiger partial charge is 0.243 e. The van der Waals surface area contributed by atoms with Crippen molar-refractivity contribution in [2.75, 3.05) is 14.2 Å². The van der Waals surface area contributed by atoms with E-state index in [0.29, 0.717) is 6.42 Å². The summed E-state index contributed by atoms with van der Waals surface area (Å²) >= 11 is 0. The van der Waals surface area contributed by atoms with Crippen LogP contribution in [0, 0.1) is 0 Å². The van der Waals surface area contributed by atoms with E-state index in [1.54, 1.807) is 7.11 Å². The van der Waals surface area contributed by atoms with Gasteiger partial charge >= 0.3 is 0 Å². The highest BCUT2D eigenvalue weighted by Gasteiger charge is 2.00. The minimum Gasteiger partial charge on any atom is -0.497 e. The first kappa shape index (κ1) is 12.5. The van der Waals surface area contributed by atoms with Crippen molar-refractivity contribution in [1.29, 1.82) is 0 Å². The van der Waals surface area contributed by atoms with E-state index in [0.717, 1.165) is 18.6 Å². The summed E-state index contributed by atoms with van der Waals surface area (Å²) in [6, 6.07) is 7.86. The molecule has 0 radical (unpaired) electrons. The van der Waals surface area contributed by atoms with Crippen LogP contribution in [0.3, 0.4) is 0 Å². The number of aryl methyl sites for hydroxylation is 1. The molecule has 0 saturated heterocycles. The third kappa shape index (κ3) is 4.31. The molecule has 0 unspecified atom stereocenters. The van der Waals surface area contributed by atoms with Gasteiger partial charge in [-0.1, -0.05) is 12.1 Å². The van der Waals surface area contributed by atoms with Crippen molar-refractivity contribution in [2.45, 2.75) is 19.3 Å². The Bertz CT molecular complexity index is 322. The predicted molar refractivity (Wildman–Crippen MR) is 61.1 cm³/mol. The summed E-state index contributed by atoms with van der Waals surface area (Å²) in [7, 11) is 3.07. The Morgan fingerprint density at radius 2 is 1.94 bits per heavy atom. The van der Waals surface area contributed by atoms with Gasteiger partial charge in [-0.05, 0) is 30.5 Å². The zero-order valence-corrected chi connectivity index (χ0v) is 9.66. The van der Waals surface area contributed by atoms with Crippen molar-refractivity contribution in [3.63, 3.8) is 0 Å². The number of carbonyl (C=O) groups excluding carboxylic acids is 1. The molecule has 0 heterocycles. The molecule has 0 aliphatic heterocycles. The summed E-state index contributed by atoms with van der Waals surface area (Å²) < 4.78 is 5.06. The molecule has 0 bridgehead atoms. The van der Waals surface area contributed by atoms with Crippen LogP contribution in [0.2, 0.25) is 0 Å². The van der Waals surface area contributed by atoms with Crippen LogP contribution in [0.15, 0.2) is 24.3 Å². The molecule has 0 atom stereocenters. The Balaban J connectivity index is 2.29. The van der Waals surface area contributed by atoms with Crippen LogP contribution in [0.4, 0.5) is 0 Å². The highest BCUT2D eigenvalue weighted by molar-refractivity contribution is 5.74. The second kappa shape index (κ2) is 6.85. The van der Waals surface area contributed by atoms with Crippen LogP contribution in [0.25, 0.3) is 0 Å². The fraction of sp³-hybridized carbons (Fsp3) is 0.417. The summed E-state index contributed by atoms with van der Waals surface area (Å²) in [5.74, 6) is 0.761. The van der Waals surface area contributed by atoms with Crippen molar-refractivity contribution in [1.82, 2.24) is 5.48 Å². The van der Waals surface area contributed by atoms with E-state index in [9.17, 15) is 4.79 Å². The van der Waals surface area contributed by atoms with Gasteiger partial charge < -0.3 is 4.74 Å². The molecule has 1 aromatic rings. The molecule has 1 aromatic carbocycles. The van der Waals surface area contributed by atoms with Gasteiger partial charge in [0.25, 0.3) is 0 Å². The number of benzene rings is 1. The highest BCUT2D eigenvalue weighted by Crippen LogP contribution is 2.12. The maximum atomic E-state index is 11.1. The Morgan fingerprint density at radius 3 is 2.50 bits per heavy atom. The van der Waals surface area contributed by atoms with Crippen LogP contribution in [0.1, 0.15) is 18.4 Å². The number of amides is 1. The molecule has 0 fully saturated rings. The molecular formula is C12H17NO3. The molecule has 4 heteroatoms. The number of rotatable bonds is 6. The van der Waals surface area contributed by atoms with E-state index in [4.69, 9.17) is 4.74 Å². The van der Waals surface area contributed by atoms with Crippen LogP contribution in [0.5, 0.6) is 5.75 Å². The van der Waals surface area contributed by atoms with Gasteiger partial charge in [-0.25, -0.2) is 5.48 Å². The Hall–Kier alpha value is -1.55. The number of nitrogens with one attached hydrogen (secondary N) is 1. The fourth-order valence-electron chi connectivity index (χ4n) is 1.41. The van der Waals surface area contributed by atoms with Crippen molar-refractivity contribution in [3.8, 4) is 5.75 Å². The zero-order chi connectivity index (χ0) is 11.8. The van der Waals surface area contributed by atoms with Gasteiger partial charge in [0.05, 0.1) is 14.2 Å². The van der Waals surface area contributed by atoms with Crippen LogP contribution >= 0.6 is 0 Å². The second-order valence-electron chi connectivity index (χ2n) is 3.43. The van der Waals surface area contributed by atoms with Gasteiger partial charge in [0, 0.05) is 6.42 Å². The first-order valence-corrected chi connectivity index (χ1v) is 5.21. The Morgan fingerprint density at radius 1 is 1.25 bits per heavy atom. The molecule has 16 heavy (non-hydrogen) atoms. The molecule has 0 aliphatic rings. The molecule has 1 amide bonds. The second-order valence-corrected chi connectivity index (χ2v) is 3.43. The summed E-state index contributed by atoms with van der Waals surface area (Å²) in [6.07, 6.45) is 2.16. The van der Waals surface area contributed by atoms with Crippen molar-refractivity contribution >= 4 is 5.91 Å². The normalized spacial score (nSPS) is 9.88. The van der Waals surface area contributed by atoms with E-state index in [-0.39, 0.29) is 5.91 Å². The molecule has 88 valence electrons. The van der Waals surface area contributed by atoms with E-state index >= 15 is 0 Å². The van der Waals surface area contributed by atoms with Gasteiger partial charge in [-0.15, -0.1) is 0 Å². The van der Waals surface area contributed by atoms with E-state index < -0.39 is 0 Å². The summed E-state index contributed by atoms with van der Waals surface area (Å²) in [4.78, 5) is 15.6. The monoisotopic (exact) mass is 223 g/mol. The first-order chi connectivity index (χ1) is 7.76. The zero-order valence-electron chi connectivity index (χ0n) is 9.66. The SMILES string of the molecule is CONC(=O)CCCc1ccc(OC)cc1. The number of carbonyl (C=O) groups is 1. The van der Waals surface area contributed by atoms with Gasteiger partial charge in [0.15, 0.2) is 0 Å². The van der Waals surface area contributed by atoms with Crippen molar-refractivity contribution in [2.24, 2.45) is 0 Å². The quantitative estimate of drug-likeness (QED) is 0.747. The third-order valence-corrected chi connectivity index (χ3v) is 2.24. The maximum Gasteiger partial charge on any atom is 0.243 e. The molecule has 0 spiro atoms. The van der Waals surface area contributed by atoms with Crippen LogP contribution in [-0.4, -0.2) is 20.1 Å². The number of methoxy groups -OCH3 is 1. The molecule has 4 nitrogen and oxygen atoms in total. The molecule has 0 aromatic heterocycles. The average Bonchev–Trinajstić information content (AvgIpc) is 2.30. The van der Waals surface area contributed by atoms with Crippen molar-refractivity contribution < 1.29 is 14.4 Å². The lowest BCUT2D eigenvalue weighted by Crippen LogP contribution is -2.21. The number of hydrogen-bond acceptors (Lipinski definition) is 3.